The third-order valence-corrected chi connectivity index (χ3v) is 5.44. The van der Waals surface area contributed by atoms with Crippen molar-refractivity contribution in [3.05, 3.63) is 47.1 Å². The lowest BCUT2D eigenvalue weighted by molar-refractivity contribution is -0.150. The lowest BCUT2D eigenvalue weighted by atomic mass is 10.2. The molecule has 2 rings (SSSR count). The zero-order valence-corrected chi connectivity index (χ0v) is 16.4. The summed E-state index contributed by atoms with van der Waals surface area (Å²) in [5.41, 5.74) is 0.472. The van der Waals surface area contributed by atoms with Gasteiger partial charge in [0, 0.05) is 19.2 Å². The van der Waals surface area contributed by atoms with E-state index in [1.165, 1.54) is 44.0 Å². The molecule has 1 aromatic carbocycles. The van der Waals surface area contributed by atoms with E-state index in [0.717, 1.165) is 0 Å². The molecule has 0 aliphatic carbocycles. The predicted molar refractivity (Wildman–Crippen MR) is 95.0 cm³/mol. The monoisotopic (exact) mass is 413 g/mol. The second-order valence-corrected chi connectivity index (χ2v) is 7.68. The minimum atomic E-state index is -4.02. The molecule has 0 atom stereocenters. The van der Waals surface area contributed by atoms with Gasteiger partial charge in [-0.2, -0.15) is 4.72 Å². The first kappa shape index (κ1) is 21.5. The zero-order valence-electron chi connectivity index (χ0n) is 15.6. The molecule has 2 aromatic rings. The number of aromatic nitrogens is 1. The molecule has 0 spiro atoms. The van der Waals surface area contributed by atoms with Gasteiger partial charge in [0.2, 0.25) is 10.0 Å². The quantitative estimate of drug-likeness (QED) is 0.639. The number of halogens is 1. The summed E-state index contributed by atoms with van der Waals surface area (Å²) in [5.74, 6) is -1.87. The molecule has 11 heteroatoms. The van der Waals surface area contributed by atoms with E-state index in [1.54, 1.807) is 6.07 Å². The number of carbonyl (C=O) groups excluding carboxylic acids is 2. The number of nitrogens with zero attached hydrogens (tertiary/aromatic N) is 2. The fraction of sp³-hybridized carbons (Fsp3) is 0.353. The van der Waals surface area contributed by atoms with E-state index >= 15 is 0 Å². The van der Waals surface area contributed by atoms with Crippen molar-refractivity contribution in [1.29, 1.82) is 0 Å². The molecule has 0 aliphatic rings. The van der Waals surface area contributed by atoms with Gasteiger partial charge in [-0.25, -0.2) is 12.8 Å². The Balaban J connectivity index is 1.83. The van der Waals surface area contributed by atoms with Gasteiger partial charge in [0.15, 0.2) is 12.4 Å². The Morgan fingerprint density at radius 1 is 1.29 bits per heavy atom. The first-order valence-electron chi connectivity index (χ1n) is 8.17. The molecule has 0 radical (unpaired) electrons. The molecule has 0 unspecified atom stereocenters. The van der Waals surface area contributed by atoms with Crippen LogP contribution in [0, 0.1) is 19.7 Å². The maximum Gasteiger partial charge on any atom is 0.321 e. The number of sulfonamides is 1. The highest BCUT2D eigenvalue weighted by molar-refractivity contribution is 7.89. The Morgan fingerprint density at radius 2 is 1.96 bits per heavy atom. The van der Waals surface area contributed by atoms with E-state index < -0.39 is 40.9 Å². The van der Waals surface area contributed by atoms with Gasteiger partial charge in [-0.3, -0.25) is 9.59 Å². The molecule has 0 fully saturated rings. The average Bonchev–Trinajstić information content (AvgIpc) is 2.99. The lowest BCUT2D eigenvalue weighted by Crippen LogP contribution is -2.35. The van der Waals surface area contributed by atoms with Crippen molar-refractivity contribution in [3.8, 4) is 0 Å². The summed E-state index contributed by atoms with van der Waals surface area (Å²) in [7, 11) is -2.58. The van der Waals surface area contributed by atoms with Crippen molar-refractivity contribution >= 4 is 21.9 Å². The number of amides is 1. The van der Waals surface area contributed by atoms with Gasteiger partial charge in [0.05, 0.1) is 0 Å². The number of carbonyl (C=O) groups is 2. The minimum Gasteiger partial charge on any atom is -0.455 e. The summed E-state index contributed by atoms with van der Waals surface area (Å²) < 4.78 is 49.6. The topological polar surface area (TPSA) is 119 Å². The molecule has 28 heavy (non-hydrogen) atoms. The second kappa shape index (κ2) is 8.93. The first-order chi connectivity index (χ1) is 13.1. The summed E-state index contributed by atoms with van der Waals surface area (Å²) in [6.07, 6.45) is 0. The summed E-state index contributed by atoms with van der Waals surface area (Å²) in [6.45, 7) is 1.61. The van der Waals surface area contributed by atoms with E-state index in [0.29, 0.717) is 5.56 Å². The van der Waals surface area contributed by atoms with Crippen LogP contribution in [0.1, 0.15) is 17.0 Å². The molecule has 152 valence electrons. The predicted octanol–water partition coefficient (Wildman–Crippen LogP) is 0.911. The van der Waals surface area contributed by atoms with Crippen LogP contribution in [-0.4, -0.2) is 50.6 Å². The van der Waals surface area contributed by atoms with Crippen LogP contribution in [0.2, 0.25) is 0 Å². The van der Waals surface area contributed by atoms with Gasteiger partial charge in [0.1, 0.15) is 23.0 Å². The number of hydrogen-bond donors (Lipinski definition) is 1. The molecule has 1 N–H and O–H groups in total. The van der Waals surface area contributed by atoms with Crippen LogP contribution in [0.4, 0.5) is 4.39 Å². The largest absolute Gasteiger partial charge is 0.455 e. The maximum atomic E-state index is 13.6. The van der Waals surface area contributed by atoms with Crippen molar-refractivity contribution in [3.63, 3.8) is 0 Å². The highest BCUT2D eigenvalue weighted by atomic mass is 32.2. The van der Waals surface area contributed by atoms with Crippen molar-refractivity contribution < 1.29 is 31.7 Å². The summed E-state index contributed by atoms with van der Waals surface area (Å²) >= 11 is 0. The summed E-state index contributed by atoms with van der Waals surface area (Å²) in [5, 5.41) is 3.54. The van der Waals surface area contributed by atoms with Crippen LogP contribution in [0.15, 0.2) is 33.7 Å². The Bertz CT molecular complexity index is 954. The molecule has 0 saturated carbocycles. The zero-order chi connectivity index (χ0) is 20.9. The van der Waals surface area contributed by atoms with E-state index in [4.69, 9.17) is 9.26 Å². The number of hydrogen-bond acceptors (Lipinski definition) is 7. The highest BCUT2D eigenvalue weighted by Gasteiger charge is 2.25. The first-order valence-corrected chi connectivity index (χ1v) is 9.65. The number of aryl methyl sites for hydroxylation is 2. The summed E-state index contributed by atoms with van der Waals surface area (Å²) in [6, 6.07) is 5.99. The fourth-order valence-corrected chi connectivity index (χ4v) is 3.65. The molecular formula is C17H20FN3O6S. The average molecular weight is 413 g/mol. The third kappa shape index (κ3) is 5.36. The molecular weight excluding hydrogens is 393 g/mol. The van der Waals surface area contributed by atoms with Crippen molar-refractivity contribution in [1.82, 2.24) is 14.8 Å². The second-order valence-electron chi connectivity index (χ2n) is 5.98. The van der Waals surface area contributed by atoms with Gasteiger partial charge in [-0.15, -0.1) is 0 Å². The third-order valence-electron chi connectivity index (χ3n) is 3.79. The molecule has 1 aromatic heterocycles. The minimum absolute atomic E-state index is 0.00172. The molecule has 0 saturated heterocycles. The Hall–Kier alpha value is -2.79. The van der Waals surface area contributed by atoms with Crippen LogP contribution in [0.3, 0.4) is 0 Å². The SMILES string of the molecule is Cc1noc(C)c1S(=O)(=O)NCC(=O)OCC(=O)N(C)Cc1ccccc1F. The number of rotatable bonds is 8. The van der Waals surface area contributed by atoms with Gasteiger partial charge < -0.3 is 14.2 Å². The Morgan fingerprint density at radius 3 is 2.57 bits per heavy atom. The molecule has 9 nitrogen and oxygen atoms in total. The van der Waals surface area contributed by atoms with E-state index in [2.05, 4.69) is 9.88 Å². The molecule has 0 bridgehead atoms. The van der Waals surface area contributed by atoms with Gasteiger partial charge >= 0.3 is 5.97 Å². The van der Waals surface area contributed by atoms with Crippen LogP contribution < -0.4 is 4.72 Å². The number of likely N-dealkylation sites (N-methyl/N-ethyl adjacent to an activating group) is 1. The number of nitrogens with one attached hydrogen (secondary N) is 1. The smallest absolute Gasteiger partial charge is 0.321 e. The van der Waals surface area contributed by atoms with Crippen molar-refractivity contribution in [2.75, 3.05) is 20.2 Å². The van der Waals surface area contributed by atoms with E-state index in [-0.39, 0.29) is 22.9 Å². The van der Waals surface area contributed by atoms with Gasteiger partial charge in [-0.05, 0) is 19.9 Å². The van der Waals surface area contributed by atoms with Gasteiger partial charge in [-0.1, -0.05) is 23.4 Å². The molecule has 1 heterocycles. The van der Waals surface area contributed by atoms with Crippen molar-refractivity contribution in [2.24, 2.45) is 0 Å². The number of benzene rings is 1. The lowest BCUT2D eigenvalue weighted by Gasteiger charge is -2.17. The van der Waals surface area contributed by atoms with E-state index in [1.807, 2.05) is 0 Å². The Kier molecular flexibility index (Phi) is 6.86. The molecule has 1 amide bonds. The van der Waals surface area contributed by atoms with Crippen LogP contribution in [0.5, 0.6) is 0 Å². The molecule has 0 aliphatic heterocycles. The standard InChI is InChI=1S/C17H20FN3O6S/c1-11-17(12(2)27-20-11)28(24,25)19-8-16(23)26-10-15(22)21(3)9-13-6-4-5-7-14(13)18/h4-7,19H,8-10H2,1-3H3. The number of ether oxygens (including phenoxy) is 1. The summed E-state index contributed by atoms with van der Waals surface area (Å²) in [4.78, 5) is 24.8. The van der Waals surface area contributed by atoms with Crippen LogP contribution in [-0.2, 0) is 30.9 Å². The number of esters is 1. The van der Waals surface area contributed by atoms with E-state index in [9.17, 15) is 22.4 Å². The Labute approximate surface area is 161 Å². The van der Waals surface area contributed by atoms with Gasteiger partial charge in [0.25, 0.3) is 5.91 Å². The maximum absolute atomic E-state index is 13.6. The normalized spacial score (nSPS) is 11.3. The van der Waals surface area contributed by atoms with Crippen molar-refractivity contribution in [2.45, 2.75) is 25.3 Å². The van der Waals surface area contributed by atoms with Crippen LogP contribution in [0.25, 0.3) is 0 Å². The van der Waals surface area contributed by atoms with Crippen LogP contribution >= 0.6 is 0 Å². The highest BCUT2D eigenvalue weighted by Crippen LogP contribution is 2.18. The fourth-order valence-electron chi connectivity index (χ4n) is 2.36.